The van der Waals surface area contributed by atoms with Gasteiger partial charge in [0.25, 0.3) is 5.91 Å². The molecule has 0 radical (unpaired) electrons. The number of benzene rings is 2. The van der Waals surface area contributed by atoms with Gasteiger partial charge in [-0.3, -0.25) is 9.48 Å². The van der Waals surface area contributed by atoms with E-state index >= 15 is 0 Å². The number of hydrogen-bond donors (Lipinski definition) is 1. The Bertz CT molecular complexity index is 906. The summed E-state index contributed by atoms with van der Waals surface area (Å²) in [6.45, 7) is 1.62. The highest BCUT2D eigenvalue weighted by Crippen LogP contribution is 2.22. The maximum atomic E-state index is 14.1. The Morgan fingerprint density at radius 2 is 1.81 bits per heavy atom. The maximum Gasteiger partial charge on any atom is 0.251 e. The number of carbonyl (C=O) groups is 1. The molecule has 0 bridgehead atoms. The summed E-state index contributed by atoms with van der Waals surface area (Å²) >= 11 is 0. The highest BCUT2D eigenvalue weighted by Gasteiger charge is 2.13. The molecule has 1 heterocycles. The van der Waals surface area contributed by atoms with E-state index in [-0.39, 0.29) is 11.7 Å². The fourth-order valence-electron chi connectivity index (χ4n) is 2.87. The minimum absolute atomic E-state index is 0.119. The quantitative estimate of drug-likeness (QED) is 0.699. The predicted molar refractivity (Wildman–Crippen MR) is 104 cm³/mol. The molecule has 1 amide bonds. The van der Waals surface area contributed by atoms with Crippen LogP contribution in [-0.2, 0) is 13.1 Å². The third kappa shape index (κ3) is 4.80. The topological polar surface area (TPSA) is 50.2 Å². The SMILES string of the molecule is CN(C)Cc1cc(-c2ccccc2F)nn1CCNC(=O)c1ccccc1. The predicted octanol–water partition coefficient (Wildman–Crippen LogP) is 3.18. The molecule has 0 aliphatic rings. The van der Waals surface area contributed by atoms with Crippen molar-refractivity contribution >= 4 is 5.91 Å². The Balaban J connectivity index is 1.73. The van der Waals surface area contributed by atoms with Crippen LogP contribution in [0.15, 0.2) is 60.7 Å². The number of aromatic nitrogens is 2. The van der Waals surface area contributed by atoms with E-state index in [0.717, 1.165) is 5.69 Å². The van der Waals surface area contributed by atoms with Gasteiger partial charge in [-0.1, -0.05) is 30.3 Å². The molecule has 0 aliphatic carbocycles. The van der Waals surface area contributed by atoms with Crippen molar-refractivity contribution in [3.63, 3.8) is 0 Å². The second kappa shape index (κ2) is 8.60. The van der Waals surface area contributed by atoms with Gasteiger partial charge in [0.05, 0.1) is 17.9 Å². The van der Waals surface area contributed by atoms with Crippen LogP contribution in [0.25, 0.3) is 11.3 Å². The van der Waals surface area contributed by atoms with Crippen LogP contribution in [0.2, 0.25) is 0 Å². The van der Waals surface area contributed by atoms with Crippen LogP contribution in [0.1, 0.15) is 16.1 Å². The highest BCUT2D eigenvalue weighted by atomic mass is 19.1. The zero-order valence-corrected chi connectivity index (χ0v) is 15.5. The Morgan fingerprint density at radius 1 is 1.11 bits per heavy atom. The molecule has 0 atom stereocenters. The van der Waals surface area contributed by atoms with E-state index in [1.807, 2.05) is 47.9 Å². The van der Waals surface area contributed by atoms with Crippen LogP contribution in [0.4, 0.5) is 4.39 Å². The number of carbonyl (C=O) groups excluding carboxylic acids is 1. The largest absolute Gasteiger partial charge is 0.350 e. The maximum absolute atomic E-state index is 14.1. The van der Waals surface area contributed by atoms with Gasteiger partial charge in [0, 0.05) is 24.2 Å². The molecule has 0 aliphatic heterocycles. The number of halogens is 1. The normalized spacial score (nSPS) is 11.0. The molecule has 140 valence electrons. The van der Waals surface area contributed by atoms with Gasteiger partial charge in [0.1, 0.15) is 5.82 Å². The second-order valence-electron chi connectivity index (χ2n) is 6.58. The minimum atomic E-state index is -0.295. The fourth-order valence-corrected chi connectivity index (χ4v) is 2.87. The van der Waals surface area contributed by atoms with E-state index in [1.54, 1.807) is 30.3 Å². The van der Waals surface area contributed by atoms with Crippen molar-refractivity contribution in [2.45, 2.75) is 13.1 Å². The molecule has 0 saturated carbocycles. The second-order valence-corrected chi connectivity index (χ2v) is 6.58. The summed E-state index contributed by atoms with van der Waals surface area (Å²) in [6, 6.07) is 17.6. The number of nitrogens with zero attached hydrogens (tertiary/aromatic N) is 3. The molecule has 0 fully saturated rings. The summed E-state index contributed by atoms with van der Waals surface area (Å²) in [6.07, 6.45) is 0. The molecule has 1 N–H and O–H groups in total. The van der Waals surface area contributed by atoms with Gasteiger partial charge in [-0.05, 0) is 44.4 Å². The van der Waals surface area contributed by atoms with Gasteiger partial charge in [-0.2, -0.15) is 5.10 Å². The lowest BCUT2D eigenvalue weighted by Crippen LogP contribution is -2.28. The molecule has 1 aromatic heterocycles. The lowest BCUT2D eigenvalue weighted by Gasteiger charge is -2.12. The monoisotopic (exact) mass is 366 g/mol. The van der Waals surface area contributed by atoms with Gasteiger partial charge in [-0.25, -0.2) is 4.39 Å². The Morgan fingerprint density at radius 3 is 2.52 bits per heavy atom. The average Bonchev–Trinajstić information content (AvgIpc) is 3.04. The van der Waals surface area contributed by atoms with E-state index in [2.05, 4.69) is 10.4 Å². The van der Waals surface area contributed by atoms with Crippen LogP contribution in [0.5, 0.6) is 0 Å². The van der Waals surface area contributed by atoms with Crippen molar-refractivity contribution in [1.29, 1.82) is 0 Å². The molecular formula is C21H23FN4O. The van der Waals surface area contributed by atoms with Crippen molar-refractivity contribution in [2.75, 3.05) is 20.6 Å². The lowest BCUT2D eigenvalue weighted by atomic mass is 10.1. The van der Waals surface area contributed by atoms with Gasteiger partial charge < -0.3 is 10.2 Å². The zero-order chi connectivity index (χ0) is 19.2. The number of rotatable bonds is 7. The average molecular weight is 366 g/mol. The first kappa shape index (κ1) is 18.8. The smallest absolute Gasteiger partial charge is 0.251 e. The fraction of sp³-hybridized carbons (Fsp3) is 0.238. The first-order chi connectivity index (χ1) is 13.0. The highest BCUT2D eigenvalue weighted by molar-refractivity contribution is 5.94. The van der Waals surface area contributed by atoms with Gasteiger partial charge in [0.15, 0.2) is 0 Å². The lowest BCUT2D eigenvalue weighted by molar-refractivity contribution is 0.0951. The van der Waals surface area contributed by atoms with E-state index in [9.17, 15) is 9.18 Å². The van der Waals surface area contributed by atoms with Crippen molar-refractivity contribution in [3.05, 3.63) is 77.7 Å². The molecule has 27 heavy (non-hydrogen) atoms. The van der Waals surface area contributed by atoms with Crippen LogP contribution in [0.3, 0.4) is 0 Å². The molecule has 2 aromatic carbocycles. The van der Waals surface area contributed by atoms with Crippen LogP contribution >= 0.6 is 0 Å². The summed E-state index contributed by atoms with van der Waals surface area (Å²) in [7, 11) is 3.94. The molecule has 6 heteroatoms. The van der Waals surface area contributed by atoms with Gasteiger partial charge in [-0.15, -0.1) is 0 Å². The molecule has 0 spiro atoms. The molecule has 5 nitrogen and oxygen atoms in total. The summed E-state index contributed by atoms with van der Waals surface area (Å²) < 4.78 is 15.9. The Hall–Kier alpha value is -2.99. The van der Waals surface area contributed by atoms with Crippen molar-refractivity contribution < 1.29 is 9.18 Å². The van der Waals surface area contributed by atoms with E-state index < -0.39 is 0 Å². The first-order valence-corrected chi connectivity index (χ1v) is 8.84. The molecule has 0 saturated heterocycles. The van der Waals surface area contributed by atoms with Crippen molar-refractivity contribution in [2.24, 2.45) is 0 Å². The summed E-state index contributed by atoms with van der Waals surface area (Å²) in [5.74, 6) is -0.415. The molecule has 3 rings (SSSR count). The number of hydrogen-bond acceptors (Lipinski definition) is 3. The zero-order valence-electron chi connectivity index (χ0n) is 15.5. The van der Waals surface area contributed by atoms with Crippen molar-refractivity contribution in [1.82, 2.24) is 20.0 Å². The minimum Gasteiger partial charge on any atom is -0.350 e. The third-order valence-electron chi connectivity index (χ3n) is 4.14. The van der Waals surface area contributed by atoms with Gasteiger partial charge in [0.2, 0.25) is 0 Å². The number of nitrogens with one attached hydrogen (secondary N) is 1. The van der Waals surface area contributed by atoms with Gasteiger partial charge >= 0.3 is 0 Å². The molecular weight excluding hydrogens is 343 g/mol. The van der Waals surface area contributed by atoms with E-state index in [0.29, 0.717) is 36.5 Å². The van der Waals surface area contributed by atoms with E-state index in [1.165, 1.54) is 6.07 Å². The summed E-state index contributed by atoms with van der Waals surface area (Å²) in [4.78, 5) is 14.2. The first-order valence-electron chi connectivity index (χ1n) is 8.84. The Kier molecular flexibility index (Phi) is 5.98. The van der Waals surface area contributed by atoms with Crippen LogP contribution < -0.4 is 5.32 Å². The van der Waals surface area contributed by atoms with Crippen LogP contribution in [0, 0.1) is 5.82 Å². The van der Waals surface area contributed by atoms with Crippen LogP contribution in [-0.4, -0.2) is 41.2 Å². The third-order valence-corrected chi connectivity index (χ3v) is 4.14. The Labute approximate surface area is 158 Å². The standard InChI is InChI=1S/C21H23FN4O/c1-25(2)15-17-14-20(18-10-6-7-11-19(18)22)24-26(17)13-12-23-21(27)16-8-4-3-5-9-16/h3-11,14H,12-13,15H2,1-2H3,(H,23,27). The number of amides is 1. The summed E-state index contributed by atoms with van der Waals surface area (Å²) in [5, 5.41) is 7.46. The summed E-state index contributed by atoms with van der Waals surface area (Å²) in [5.41, 5.74) is 2.66. The van der Waals surface area contributed by atoms with E-state index in [4.69, 9.17) is 0 Å². The molecule has 0 unspecified atom stereocenters. The molecule has 3 aromatic rings. The van der Waals surface area contributed by atoms with Crippen molar-refractivity contribution in [3.8, 4) is 11.3 Å².